The highest BCUT2D eigenvalue weighted by atomic mass is 32.2. The van der Waals surface area contributed by atoms with Crippen LogP contribution in [-0.2, 0) is 61.3 Å². The smallest absolute Gasteiger partial charge is 0.334 e. The molecule has 0 atom stereocenters. The zero-order chi connectivity index (χ0) is 45.0. The Hall–Kier alpha value is -6.21. The molecule has 0 unspecified atom stereocenters. The van der Waals surface area contributed by atoms with Gasteiger partial charge in [0.15, 0.2) is 15.6 Å². The van der Waals surface area contributed by atoms with E-state index in [1.807, 2.05) is 72.8 Å². The molecule has 0 bridgehead atoms. The van der Waals surface area contributed by atoms with Gasteiger partial charge in [0.1, 0.15) is 23.0 Å². The van der Waals surface area contributed by atoms with Crippen LogP contribution >= 0.6 is 0 Å². The molecule has 1 aliphatic rings. The van der Waals surface area contributed by atoms with Crippen LogP contribution in [0.5, 0.6) is 23.0 Å². The highest BCUT2D eigenvalue weighted by Gasteiger charge is 2.48. The van der Waals surface area contributed by atoms with E-state index in [-0.39, 0.29) is 48.8 Å². The average molecular weight is 901 g/mol. The third-order valence-corrected chi connectivity index (χ3v) is 14.0. The lowest BCUT2D eigenvalue weighted by molar-refractivity contribution is -0.160. The summed E-state index contributed by atoms with van der Waals surface area (Å²) in [5.74, 6) is 2.43. The van der Waals surface area contributed by atoms with Crippen LogP contribution in [0.4, 0.5) is 0 Å². The van der Waals surface area contributed by atoms with Crippen LogP contribution in [0.15, 0.2) is 132 Å². The second-order valence-electron chi connectivity index (χ2n) is 14.6. The van der Waals surface area contributed by atoms with Crippen molar-refractivity contribution in [2.45, 2.75) is 68.0 Å². The largest absolute Gasteiger partial charge is 0.497 e. The van der Waals surface area contributed by atoms with Gasteiger partial charge in [-0.3, -0.25) is 9.78 Å². The van der Waals surface area contributed by atoms with Crippen molar-refractivity contribution >= 4 is 26.0 Å². The maximum Gasteiger partial charge on any atom is 0.334 e. The average Bonchev–Trinajstić information content (AvgIpc) is 4.02. The van der Waals surface area contributed by atoms with Crippen LogP contribution in [-0.4, -0.2) is 86.4 Å². The minimum absolute atomic E-state index is 0.0597. The first-order valence-corrected chi connectivity index (χ1v) is 23.0. The first-order valence-electron chi connectivity index (χ1n) is 20.1. The Kier molecular flexibility index (Phi) is 15.3. The number of esters is 1. The van der Waals surface area contributed by atoms with Crippen LogP contribution in [0.2, 0.25) is 0 Å². The fourth-order valence-electron chi connectivity index (χ4n) is 6.84. The number of benzene rings is 4. The molecule has 1 aliphatic carbocycles. The van der Waals surface area contributed by atoms with Crippen molar-refractivity contribution < 1.29 is 45.3 Å². The number of aromatic nitrogens is 4. The quantitative estimate of drug-likeness (QED) is 0.0867. The van der Waals surface area contributed by atoms with Gasteiger partial charge in [0.05, 0.1) is 41.2 Å². The van der Waals surface area contributed by atoms with Gasteiger partial charge in [0, 0.05) is 32.4 Å². The van der Waals surface area contributed by atoms with Gasteiger partial charge >= 0.3 is 5.97 Å². The summed E-state index contributed by atoms with van der Waals surface area (Å²) in [7, 11) is -1.39. The number of sulfonamides is 2. The molecule has 18 heteroatoms. The third kappa shape index (κ3) is 11.1. The molecule has 63 heavy (non-hydrogen) atoms. The van der Waals surface area contributed by atoms with Crippen molar-refractivity contribution in [1.82, 2.24) is 28.6 Å². The van der Waals surface area contributed by atoms with Gasteiger partial charge < -0.3 is 23.7 Å². The predicted molar refractivity (Wildman–Crippen MR) is 234 cm³/mol. The van der Waals surface area contributed by atoms with Gasteiger partial charge in [-0.05, 0) is 109 Å². The Morgan fingerprint density at radius 1 is 0.619 bits per heavy atom. The summed E-state index contributed by atoms with van der Waals surface area (Å²) >= 11 is 0. The molecule has 16 nitrogen and oxygen atoms in total. The molecule has 1 N–H and O–H groups in total. The number of carbonyl (C=O) groups excluding carboxylic acids is 1. The van der Waals surface area contributed by atoms with Crippen molar-refractivity contribution in [3.8, 4) is 23.0 Å². The molecule has 7 rings (SSSR count). The maximum atomic E-state index is 13.8. The summed E-state index contributed by atoms with van der Waals surface area (Å²) in [5, 5.41) is 10.6. The minimum atomic E-state index is -4.00. The number of nitrogens with zero attached hydrogens (tertiary/aromatic N) is 5. The first-order chi connectivity index (χ1) is 30.3. The molecular formula is C45H52N6O10S2. The van der Waals surface area contributed by atoms with Crippen molar-refractivity contribution in [3.05, 3.63) is 144 Å². The van der Waals surface area contributed by atoms with E-state index in [9.17, 15) is 21.6 Å². The zero-order valence-corrected chi connectivity index (χ0v) is 37.5. The fourth-order valence-corrected chi connectivity index (χ4v) is 9.48. The van der Waals surface area contributed by atoms with E-state index in [2.05, 4.69) is 15.3 Å². The number of hydrogen-bond acceptors (Lipinski definition) is 12. The Morgan fingerprint density at radius 2 is 1.02 bits per heavy atom. The van der Waals surface area contributed by atoms with Gasteiger partial charge in [0.2, 0.25) is 0 Å². The molecule has 6 aromatic rings. The Morgan fingerprint density at radius 3 is 1.33 bits per heavy atom. The normalized spacial score (nSPS) is 13.4. The van der Waals surface area contributed by atoms with Crippen molar-refractivity contribution in [2.24, 2.45) is 0 Å². The molecule has 0 radical (unpaired) electrons. The monoisotopic (exact) mass is 900 g/mol. The van der Waals surface area contributed by atoms with Crippen LogP contribution < -0.4 is 18.9 Å². The molecule has 0 aliphatic heterocycles. The first kappa shape index (κ1) is 46.3. The number of H-pyrrole nitrogens is 1. The lowest BCUT2D eigenvalue weighted by atomic mass is 9.77. The standard InChI is InChI=1S/C26H31N3O6S.C19H21N3O4S/c1-4-35-25(30)26(15-5-16-26)29-17-14-24(27-29)36(31,32)28(18-20-6-10-22(33-2)11-7-20)19-21-8-12-23(34-3)13-9-21;1-25-17-7-3-15(4-8-17)13-22(27(23,24)19-11-12-20-21-19)14-16-5-9-18(26-2)10-6-16/h6-14,17H,4-5,15-16,18-19H2,1-3H3;3-12H,13-14H2,1-2H3,(H,20,21). The Balaban J connectivity index is 0.000000219. The third-order valence-electron chi connectivity index (χ3n) is 10.6. The summed E-state index contributed by atoms with van der Waals surface area (Å²) in [6, 6.07) is 32.0. The number of rotatable bonds is 19. The molecule has 0 spiro atoms. The molecule has 0 saturated heterocycles. The molecular weight excluding hydrogens is 849 g/mol. The highest BCUT2D eigenvalue weighted by Crippen LogP contribution is 2.40. The van der Waals surface area contributed by atoms with E-state index >= 15 is 0 Å². The number of carbonyl (C=O) groups is 1. The molecule has 4 aromatic carbocycles. The molecule has 1 fully saturated rings. The number of hydrogen-bond donors (Lipinski definition) is 1. The number of ether oxygens (including phenoxy) is 5. The number of methoxy groups -OCH3 is 4. The zero-order valence-electron chi connectivity index (χ0n) is 35.8. The van der Waals surface area contributed by atoms with E-state index in [4.69, 9.17) is 23.7 Å². The van der Waals surface area contributed by atoms with E-state index in [1.165, 1.54) is 31.6 Å². The van der Waals surface area contributed by atoms with Crippen LogP contribution in [0.1, 0.15) is 48.4 Å². The summed E-state index contributed by atoms with van der Waals surface area (Å²) in [4.78, 5) is 12.7. The van der Waals surface area contributed by atoms with Crippen molar-refractivity contribution in [2.75, 3.05) is 35.0 Å². The van der Waals surface area contributed by atoms with Crippen molar-refractivity contribution in [1.29, 1.82) is 0 Å². The molecule has 0 amide bonds. The Labute approximate surface area is 368 Å². The fraction of sp³-hybridized carbons (Fsp3) is 0.311. The van der Waals surface area contributed by atoms with E-state index in [1.54, 1.807) is 65.8 Å². The predicted octanol–water partition coefficient (Wildman–Crippen LogP) is 6.55. The summed E-state index contributed by atoms with van der Waals surface area (Å²) < 4.78 is 84.0. The van der Waals surface area contributed by atoms with Gasteiger partial charge in [-0.25, -0.2) is 21.6 Å². The minimum Gasteiger partial charge on any atom is -0.497 e. The second-order valence-corrected chi connectivity index (χ2v) is 18.4. The summed E-state index contributed by atoms with van der Waals surface area (Å²) in [6.07, 6.45) is 4.96. The van der Waals surface area contributed by atoms with Gasteiger partial charge in [-0.1, -0.05) is 48.5 Å². The van der Waals surface area contributed by atoms with E-state index in [0.29, 0.717) is 24.3 Å². The van der Waals surface area contributed by atoms with Crippen LogP contribution in [0, 0.1) is 0 Å². The number of aromatic amines is 1. The lowest BCUT2D eigenvalue weighted by Crippen LogP contribution is -2.49. The van der Waals surface area contributed by atoms with Crippen LogP contribution in [0.3, 0.4) is 0 Å². The van der Waals surface area contributed by atoms with E-state index in [0.717, 1.165) is 40.2 Å². The summed E-state index contributed by atoms with van der Waals surface area (Å²) in [5.41, 5.74) is 2.36. The second kappa shape index (κ2) is 20.8. The molecule has 2 aromatic heterocycles. The summed E-state index contributed by atoms with van der Waals surface area (Å²) in [6.45, 7) is 2.71. The van der Waals surface area contributed by atoms with Crippen LogP contribution in [0.25, 0.3) is 0 Å². The lowest BCUT2D eigenvalue weighted by Gasteiger charge is -2.39. The highest BCUT2D eigenvalue weighted by molar-refractivity contribution is 7.89. The molecule has 334 valence electrons. The Bertz CT molecular complexity index is 2500. The van der Waals surface area contributed by atoms with Gasteiger partial charge in [-0.15, -0.1) is 0 Å². The van der Waals surface area contributed by atoms with Gasteiger partial charge in [0.25, 0.3) is 20.0 Å². The molecule has 2 heterocycles. The number of nitrogens with one attached hydrogen (secondary N) is 1. The topological polar surface area (TPSA) is 184 Å². The molecule has 1 saturated carbocycles. The van der Waals surface area contributed by atoms with E-state index < -0.39 is 25.6 Å². The SMILES string of the molecule is CCOC(=O)C1(n2ccc(S(=O)(=O)N(Cc3ccc(OC)cc3)Cc3ccc(OC)cc3)n2)CCC1.COc1ccc(CN(Cc2ccc(OC)cc2)S(=O)(=O)c2ccn[nH]2)cc1. The maximum absolute atomic E-state index is 13.8. The van der Waals surface area contributed by atoms with Crippen molar-refractivity contribution in [3.63, 3.8) is 0 Å². The van der Waals surface area contributed by atoms with Gasteiger partial charge in [-0.2, -0.15) is 18.8 Å².